The van der Waals surface area contributed by atoms with Crippen molar-refractivity contribution in [1.82, 2.24) is 10.2 Å². The van der Waals surface area contributed by atoms with Crippen LogP contribution in [0.15, 0.2) is 12.2 Å². The van der Waals surface area contributed by atoms with Crippen molar-refractivity contribution >= 4 is 17.8 Å². The SMILES string of the molecule is CCCC(C)NC(=O)[C@@H]1[C@H]2C=C[C@@H](C)[C@@H](C(=O)OCC)[C@@H]2C(=O)N1[C@@H](CO)[C@@H](C)CC. The van der Waals surface area contributed by atoms with E-state index in [2.05, 4.69) is 12.2 Å². The van der Waals surface area contributed by atoms with Crippen LogP contribution in [-0.2, 0) is 19.1 Å². The van der Waals surface area contributed by atoms with Crippen LogP contribution in [0.25, 0.3) is 0 Å². The van der Waals surface area contributed by atoms with E-state index in [-0.39, 0.29) is 42.9 Å². The fourth-order valence-corrected chi connectivity index (χ4v) is 5.14. The molecule has 2 amide bonds. The molecular formula is C24H40N2O5. The molecule has 0 aromatic rings. The van der Waals surface area contributed by atoms with E-state index in [9.17, 15) is 19.5 Å². The number of rotatable bonds is 10. The zero-order valence-electron chi connectivity index (χ0n) is 19.8. The Kier molecular flexibility index (Phi) is 9.10. The second-order valence-electron chi connectivity index (χ2n) is 9.15. The van der Waals surface area contributed by atoms with Gasteiger partial charge in [0.15, 0.2) is 0 Å². The molecule has 0 saturated carbocycles. The van der Waals surface area contributed by atoms with Gasteiger partial charge in [-0.05, 0) is 32.1 Å². The van der Waals surface area contributed by atoms with Crippen LogP contribution in [0.1, 0.15) is 60.8 Å². The zero-order valence-corrected chi connectivity index (χ0v) is 19.8. The first-order valence-electron chi connectivity index (χ1n) is 11.8. The second-order valence-corrected chi connectivity index (χ2v) is 9.15. The highest BCUT2D eigenvalue weighted by Crippen LogP contribution is 2.45. The van der Waals surface area contributed by atoms with Crippen LogP contribution in [-0.4, -0.2) is 59.1 Å². The van der Waals surface area contributed by atoms with Crippen molar-refractivity contribution in [1.29, 1.82) is 0 Å². The van der Waals surface area contributed by atoms with Gasteiger partial charge in [0.2, 0.25) is 11.8 Å². The molecule has 2 rings (SSSR count). The number of carbonyl (C=O) groups excluding carboxylic acids is 3. The number of amides is 2. The highest BCUT2D eigenvalue weighted by Gasteiger charge is 2.58. The van der Waals surface area contributed by atoms with E-state index in [1.165, 1.54) is 0 Å². The summed E-state index contributed by atoms with van der Waals surface area (Å²) in [4.78, 5) is 41.5. The summed E-state index contributed by atoms with van der Waals surface area (Å²) in [5.74, 6) is -2.71. The maximum atomic E-state index is 13.7. The predicted octanol–water partition coefficient (Wildman–Crippen LogP) is 2.53. The predicted molar refractivity (Wildman–Crippen MR) is 119 cm³/mol. The van der Waals surface area contributed by atoms with Crippen molar-refractivity contribution < 1.29 is 24.2 Å². The number of nitrogens with one attached hydrogen (secondary N) is 1. The Hall–Kier alpha value is -1.89. The summed E-state index contributed by atoms with van der Waals surface area (Å²) in [6, 6.07) is -1.24. The first-order valence-corrected chi connectivity index (χ1v) is 11.8. The van der Waals surface area contributed by atoms with E-state index in [4.69, 9.17) is 4.74 Å². The van der Waals surface area contributed by atoms with Crippen molar-refractivity contribution in [2.75, 3.05) is 13.2 Å². The number of allylic oxidation sites excluding steroid dienone is 1. The summed E-state index contributed by atoms with van der Waals surface area (Å²) < 4.78 is 5.30. The summed E-state index contributed by atoms with van der Waals surface area (Å²) in [5, 5.41) is 13.2. The molecule has 176 valence electrons. The van der Waals surface area contributed by atoms with Crippen LogP contribution in [0, 0.1) is 29.6 Å². The number of likely N-dealkylation sites (tertiary alicyclic amines) is 1. The van der Waals surface area contributed by atoms with E-state index in [1.54, 1.807) is 11.8 Å². The average Bonchev–Trinajstić information content (AvgIpc) is 3.01. The monoisotopic (exact) mass is 436 g/mol. The number of fused-ring (bicyclic) bond motifs is 1. The molecular weight excluding hydrogens is 396 g/mol. The highest BCUT2D eigenvalue weighted by atomic mass is 16.5. The average molecular weight is 437 g/mol. The smallest absolute Gasteiger partial charge is 0.310 e. The number of hydrogen-bond donors (Lipinski definition) is 2. The molecule has 8 atom stereocenters. The van der Waals surface area contributed by atoms with Gasteiger partial charge in [-0.3, -0.25) is 14.4 Å². The summed E-state index contributed by atoms with van der Waals surface area (Å²) in [5.41, 5.74) is 0. The number of aliphatic hydroxyl groups excluding tert-OH is 1. The molecule has 2 N–H and O–H groups in total. The van der Waals surface area contributed by atoms with Crippen LogP contribution in [0.3, 0.4) is 0 Å². The Labute approximate surface area is 186 Å². The molecule has 1 heterocycles. The molecule has 1 saturated heterocycles. The van der Waals surface area contributed by atoms with Crippen molar-refractivity contribution in [3.63, 3.8) is 0 Å². The van der Waals surface area contributed by atoms with Gasteiger partial charge in [-0.1, -0.05) is 52.7 Å². The zero-order chi connectivity index (χ0) is 23.3. The van der Waals surface area contributed by atoms with Crippen LogP contribution in [0.2, 0.25) is 0 Å². The first-order chi connectivity index (χ1) is 14.7. The van der Waals surface area contributed by atoms with Crippen molar-refractivity contribution in [3.8, 4) is 0 Å². The number of carbonyl (C=O) groups is 3. The fraction of sp³-hybridized carbons (Fsp3) is 0.792. The molecule has 0 bridgehead atoms. The van der Waals surface area contributed by atoms with Gasteiger partial charge in [0.25, 0.3) is 0 Å². The van der Waals surface area contributed by atoms with Gasteiger partial charge in [0, 0.05) is 12.0 Å². The number of aliphatic hydroxyl groups is 1. The standard InChI is InChI=1S/C24H40N2O5/c1-7-10-16(6)25-22(28)21-17-12-11-15(5)19(24(30)31-9-3)20(17)23(29)26(21)18(13-27)14(4)8-2/h11-12,14-21,27H,7-10,13H2,1-6H3,(H,25,28)/t14-,15+,16?,17-,18-,19+,20+,21-/m0/s1. The Bertz CT molecular complexity index is 679. The van der Waals surface area contributed by atoms with Crippen LogP contribution in [0.4, 0.5) is 0 Å². The van der Waals surface area contributed by atoms with E-state index in [0.717, 1.165) is 19.3 Å². The lowest BCUT2D eigenvalue weighted by Gasteiger charge is -2.36. The van der Waals surface area contributed by atoms with Gasteiger partial charge < -0.3 is 20.1 Å². The Balaban J connectivity index is 2.50. The maximum absolute atomic E-state index is 13.7. The minimum absolute atomic E-state index is 0.0138. The fourth-order valence-electron chi connectivity index (χ4n) is 5.14. The molecule has 7 heteroatoms. The lowest BCUT2D eigenvalue weighted by atomic mass is 9.70. The van der Waals surface area contributed by atoms with E-state index < -0.39 is 35.8 Å². The summed E-state index contributed by atoms with van der Waals surface area (Å²) >= 11 is 0. The lowest BCUT2D eigenvalue weighted by molar-refractivity contribution is -0.156. The normalized spacial score (nSPS) is 30.5. The summed E-state index contributed by atoms with van der Waals surface area (Å²) in [7, 11) is 0. The highest BCUT2D eigenvalue weighted by molar-refractivity contribution is 5.96. The Morgan fingerprint density at radius 3 is 2.45 bits per heavy atom. The summed E-state index contributed by atoms with van der Waals surface area (Å²) in [6.07, 6.45) is 6.39. The third kappa shape index (κ3) is 5.13. The van der Waals surface area contributed by atoms with Crippen LogP contribution < -0.4 is 5.32 Å². The molecule has 1 unspecified atom stereocenters. The second kappa shape index (κ2) is 11.1. The molecule has 1 aliphatic carbocycles. The van der Waals surface area contributed by atoms with Crippen molar-refractivity contribution in [2.24, 2.45) is 29.6 Å². The molecule has 0 aromatic carbocycles. The quantitative estimate of drug-likeness (QED) is 0.405. The molecule has 7 nitrogen and oxygen atoms in total. The van der Waals surface area contributed by atoms with Gasteiger partial charge in [-0.25, -0.2) is 0 Å². The number of hydrogen-bond acceptors (Lipinski definition) is 5. The van der Waals surface area contributed by atoms with Crippen molar-refractivity contribution in [2.45, 2.75) is 78.9 Å². The summed E-state index contributed by atoms with van der Waals surface area (Å²) in [6.45, 7) is 11.7. The van der Waals surface area contributed by atoms with Gasteiger partial charge >= 0.3 is 5.97 Å². The van der Waals surface area contributed by atoms with Crippen molar-refractivity contribution in [3.05, 3.63) is 12.2 Å². The van der Waals surface area contributed by atoms with Gasteiger partial charge in [-0.15, -0.1) is 0 Å². The largest absolute Gasteiger partial charge is 0.466 e. The third-order valence-corrected chi connectivity index (χ3v) is 6.99. The number of esters is 1. The molecule has 31 heavy (non-hydrogen) atoms. The van der Waals surface area contributed by atoms with Gasteiger partial charge in [0.1, 0.15) is 6.04 Å². The molecule has 1 fully saturated rings. The minimum atomic E-state index is -0.747. The maximum Gasteiger partial charge on any atom is 0.310 e. The topological polar surface area (TPSA) is 95.9 Å². The van der Waals surface area contributed by atoms with E-state index in [0.29, 0.717) is 0 Å². The van der Waals surface area contributed by atoms with Gasteiger partial charge in [-0.2, -0.15) is 0 Å². The molecule has 0 aromatic heterocycles. The molecule has 1 aliphatic heterocycles. The van der Waals surface area contributed by atoms with E-state index >= 15 is 0 Å². The Morgan fingerprint density at radius 2 is 1.90 bits per heavy atom. The Morgan fingerprint density at radius 1 is 1.23 bits per heavy atom. The lowest BCUT2D eigenvalue weighted by Crippen LogP contribution is -2.55. The van der Waals surface area contributed by atoms with E-state index in [1.807, 2.05) is 39.8 Å². The van der Waals surface area contributed by atoms with Gasteiger partial charge in [0.05, 0.1) is 31.1 Å². The minimum Gasteiger partial charge on any atom is -0.466 e. The molecule has 0 spiro atoms. The first kappa shape index (κ1) is 25.4. The van der Waals surface area contributed by atoms with Crippen LogP contribution in [0.5, 0.6) is 0 Å². The number of ether oxygens (including phenoxy) is 1. The molecule has 0 radical (unpaired) electrons. The van der Waals surface area contributed by atoms with Crippen LogP contribution >= 0.6 is 0 Å². The third-order valence-electron chi connectivity index (χ3n) is 6.99. The molecule has 2 aliphatic rings. The number of nitrogens with zero attached hydrogens (tertiary/aromatic N) is 1.